The Morgan fingerprint density at radius 2 is 2.12 bits per heavy atom. The third-order valence-corrected chi connectivity index (χ3v) is 8.74. The number of fused-ring (bicyclic) bond motifs is 5. The highest BCUT2D eigenvalue weighted by Crippen LogP contribution is 2.67. The largest absolute Gasteiger partial charge is 0.393 e. The van der Waals surface area contributed by atoms with Gasteiger partial charge in [-0.15, -0.1) is 12.6 Å². The van der Waals surface area contributed by atoms with E-state index in [0.29, 0.717) is 24.2 Å². The fourth-order valence-corrected chi connectivity index (χ4v) is 7.90. The van der Waals surface area contributed by atoms with Crippen LogP contribution in [-0.2, 0) is 9.59 Å². The van der Waals surface area contributed by atoms with Gasteiger partial charge in [0.05, 0.1) is 6.10 Å². The molecule has 0 radical (unpaired) electrons. The first-order valence-corrected chi connectivity index (χ1v) is 10.5. The number of ketones is 1. The van der Waals surface area contributed by atoms with Crippen LogP contribution in [0.25, 0.3) is 0 Å². The smallest absolute Gasteiger partial charge is 0.189 e. The lowest BCUT2D eigenvalue weighted by atomic mass is 9.47. The van der Waals surface area contributed by atoms with Crippen LogP contribution < -0.4 is 0 Å². The van der Waals surface area contributed by atoms with Gasteiger partial charge in [-0.1, -0.05) is 38.8 Å². The molecule has 4 rings (SSSR count). The Kier molecular flexibility index (Phi) is 4.31. The lowest BCUT2D eigenvalue weighted by Gasteiger charge is -2.58. The standard InChI is InChI=1S/C22H30O3S/c1-4-12-9-16-15-6-5-13-10-14(23)7-8-21(13,2)19(15)17(24)11-22(16,3)18(12)20(25)26/h7-8,10,12,15-19,24H,4-6,9,11H2,1-3H3,(H,25,26)/t12-,15?,16?,17?,18?,19?,21?,22?/m1/s1. The molecule has 0 spiro atoms. The van der Waals surface area contributed by atoms with E-state index >= 15 is 0 Å². The molecular formula is C22H30O3S. The van der Waals surface area contributed by atoms with Crippen molar-refractivity contribution in [2.24, 2.45) is 40.4 Å². The maximum atomic E-state index is 12.4. The SMILES string of the molecule is CC[C@@H]1CC2C3CCC4=CC(=O)C=CC4(C)C3C(O)CC2(C)C1C(=O)S. The van der Waals surface area contributed by atoms with Crippen LogP contribution in [0.1, 0.15) is 52.9 Å². The molecule has 0 heterocycles. The van der Waals surface area contributed by atoms with E-state index in [1.807, 2.05) is 6.08 Å². The van der Waals surface area contributed by atoms with Gasteiger partial charge in [0.25, 0.3) is 0 Å². The van der Waals surface area contributed by atoms with Crippen molar-refractivity contribution in [2.45, 2.75) is 59.0 Å². The average Bonchev–Trinajstić information content (AvgIpc) is 2.87. The molecule has 0 aromatic rings. The summed E-state index contributed by atoms with van der Waals surface area (Å²) in [5.74, 6) is 1.37. The van der Waals surface area contributed by atoms with Gasteiger partial charge < -0.3 is 5.11 Å². The van der Waals surface area contributed by atoms with E-state index < -0.39 is 6.10 Å². The van der Waals surface area contributed by atoms with Gasteiger partial charge in [-0.05, 0) is 61.0 Å². The quantitative estimate of drug-likeness (QED) is 0.719. The lowest BCUT2D eigenvalue weighted by molar-refractivity contribution is -0.133. The van der Waals surface area contributed by atoms with E-state index in [0.717, 1.165) is 25.7 Å². The zero-order valence-electron chi connectivity index (χ0n) is 15.9. The summed E-state index contributed by atoms with van der Waals surface area (Å²) < 4.78 is 0. The highest BCUT2D eigenvalue weighted by atomic mass is 32.1. The predicted octanol–water partition coefficient (Wildman–Crippen LogP) is 3.97. The van der Waals surface area contributed by atoms with E-state index in [1.54, 1.807) is 12.2 Å². The Morgan fingerprint density at radius 3 is 2.77 bits per heavy atom. The summed E-state index contributed by atoms with van der Waals surface area (Å²) in [7, 11) is 0. The van der Waals surface area contributed by atoms with Crippen molar-refractivity contribution in [1.29, 1.82) is 0 Å². The van der Waals surface area contributed by atoms with Gasteiger partial charge in [-0.25, -0.2) is 0 Å². The van der Waals surface area contributed by atoms with Gasteiger partial charge in [0, 0.05) is 17.3 Å². The fraction of sp³-hybridized carbons (Fsp3) is 0.727. The number of aliphatic hydroxyl groups excluding tert-OH is 1. The van der Waals surface area contributed by atoms with Gasteiger partial charge >= 0.3 is 0 Å². The molecule has 0 amide bonds. The minimum Gasteiger partial charge on any atom is -0.393 e. The number of allylic oxidation sites excluding steroid dienone is 4. The summed E-state index contributed by atoms with van der Waals surface area (Å²) in [5.41, 5.74) is 0.787. The molecule has 26 heavy (non-hydrogen) atoms. The van der Waals surface area contributed by atoms with E-state index in [2.05, 4.69) is 33.4 Å². The molecule has 0 bridgehead atoms. The van der Waals surface area contributed by atoms with Crippen molar-refractivity contribution < 1.29 is 14.7 Å². The molecule has 3 saturated carbocycles. The van der Waals surface area contributed by atoms with Gasteiger partial charge in [0.1, 0.15) is 0 Å². The van der Waals surface area contributed by atoms with Gasteiger partial charge in [-0.3, -0.25) is 9.59 Å². The van der Waals surface area contributed by atoms with Gasteiger partial charge in [0.2, 0.25) is 0 Å². The maximum absolute atomic E-state index is 12.4. The van der Waals surface area contributed by atoms with Crippen LogP contribution >= 0.6 is 12.6 Å². The number of carbonyl (C=O) groups is 2. The molecule has 1 N–H and O–H groups in total. The summed E-state index contributed by atoms with van der Waals surface area (Å²) in [6.45, 7) is 6.58. The number of rotatable bonds is 2. The van der Waals surface area contributed by atoms with Crippen LogP contribution in [0.2, 0.25) is 0 Å². The number of hydrogen-bond acceptors (Lipinski definition) is 3. The van der Waals surface area contributed by atoms with Crippen molar-refractivity contribution in [3.8, 4) is 0 Å². The van der Waals surface area contributed by atoms with Crippen molar-refractivity contribution in [1.82, 2.24) is 0 Å². The maximum Gasteiger partial charge on any atom is 0.189 e. The Bertz CT molecular complexity index is 710. The molecule has 7 unspecified atom stereocenters. The fourth-order valence-electron chi connectivity index (χ4n) is 7.39. The zero-order chi connectivity index (χ0) is 18.9. The molecule has 3 nitrogen and oxygen atoms in total. The van der Waals surface area contributed by atoms with Gasteiger partial charge in [-0.2, -0.15) is 0 Å². The molecule has 142 valence electrons. The van der Waals surface area contributed by atoms with E-state index in [9.17, 15) is 14.7 Å². The van der Waals surface area contributed by atoms with E-state index in [1.165, 1.54) is 5.57 Å². The summed E-state index contributed by atoms with van der Waals surface area (Å²) in [4.78, 5) is 24.3. The molecule has 3 fully saturated rings. The van der Waals surface area contributed by atoms with E-state index in [4.69, 9.17) is 0 Å². The first kappa shape index (κ1) is 18.5. The normalized spacial score (nSPS) is 49.9. The van der Waals surface area contributed by atoms with Crippen molar-refractivity contribution in [3.05, 3.63) is 23.8 Å². The number of aliphatic hydroxyl groups is 1. The van der Waals surface area contributed by atoms with Crippen LogP contribution in [0.15, 0.2) is 23.8 Å². The van der Waals surface area contributed by atoms with Crippen molar-refractivity contribution in [2.75, 3.05) is 0 Å². The second-order valence-corrected chi connectivity index (χ2v) is 9.96. The topological polar surface area (TPSA) is 54.4 Å². The average molecular weight is 375 g/mol. The Balaban J connectivity index is 1.75. The minimum atomic E-state index is -0.446. The van der Waals surface area contributed by atoms with Crippen LogP contribution in [0.4, 0.5) is 0 Å². The second-order valence-electron chi connectivity index (χ2n) is 9.52. The highest BCUT2D eigenvalue weighted by molar-refractivity contribution is 7.96. The molecular weight excluding hydrogens is 344 g/mol. The summed E-state index contributed by atoms with van der Waals surface area (Å²) in [6.07, 6.45) is 9.72. The van der Waals surface area contributed by atoms with Gasteiger partial charge in [0.15, 0.2) is 10.9 Å². The molecule has 0 aliphatic heterocycles. The van der Waals surface area contributed by atoms with Crippen molar-refractivity contribution in [3.63, 3.8) is 0 Å². The first-order valence-electron chi connectivity index (χ1n) is 10.1. The first-order chi connectivity index (χ1) is 12.2. The highest BCUT2D eigenvalue weighted by Gasteiger charge is 2.64. The summed E-state index contributed by atoms with van der Waals surface area (Å²) in [6, 6.07) is 0. The van der Waals surface area contributed by atoms with Crippen molar-refractivity contribution >= 4 is 23.5 Å². The third-order valence-electron chi connectivity index (χ3n) is 8.46. The lowest BCUT2D eigenvalue weighted by Crippen LogP contribution is -2.56. The second kappa shape index (κ2) is 6.07. The predicted molar refractivity (Wildman–Crippen MR) is 105 cm³/mol. The number of thiol groups is 1. The Hall–Kier alpha value is -0.870. The zero-order valence-corrected chi connectivity index (χ0v) is 16.8. The van der Waals surface area contributed by atoms with Crippen LogP contribution in [0, 0.1) is 40.4 Å². The molecule has 8 atom stereocenters. The van der Waals surface area contributed by atoms with Crippen LogP contribution in [-0.4, -0.2) is 22.1 Å². The molecule has 0 saturated heterocycles. The molecule has 4 aliphatic carbocycles. The number of hydrogen-bond donors (Lipinski definition) is 2. The van der Waals surface area contributed by atoms with E-state index in [-0.39, 0.29) is 33.6 Å². The summed E-state index contributed by atoms with van der Waals surface area (Å²) >= 11 is 4.25. The Morgan fingerprint density at radius 1 is 1.38 bits per heavy atom. The minimum absolute atomic E-state index is 0.00161. The Labute approximate surface area is 161 Å². The van der Waals surface area contributed by atoms with Crippen LogP contribution in [0.3, 0.4) is 0 Å². The van der Waals surface area contributed by atoms with Crippen LogP contribution in [0.5, 0.6) is 0 Å². The monoisotopic (exact) mass is 374 g/mol. The summed E-state index contributed by atoms with van der Waals surface area (Å²) in [5, 5.41) is 11.3. The number of carbonyl (C=O) groups excluding carboxylic acids is 2. The molecule has 0 aromatic heterocycles. The molecule has 0 aromatic carbocycles. The molecule has 4 heteroatoms. The third kappa shape index (κ3) is 2.37. The molecule has 4 aliphatic rings.